The molecule has 0 heterocycles. The van der Waals surface area contributed by atoms with Gasteiger partial charge in [0.15, 0.2) is 0 Å². The lowest BCUT2D eigenvalue weighted by molar-refractivity contribution is -0.141. The van der Waals surface area contributed by atoms with Crippen LogP contribution in [0, 0.1) is 11.8 Å². The molecule has 3 atom stereocenters. The van der Waals surface area contributed by atoms with E-state index >= 15 is 0 Å². The second-order valence-corrected chi connectivity index (χ2v) is 3.19. The standard InChI is InChI=1S/C8H16O3/c1-5(7(3)9)4-6(2)8(10)11/h5-7,9H,4H2,1-3H3,(H,10,11)/t5-,6+,7+/m0/s1. The molecule has 0 radical (unpaired) electrons. The minimum Gasteiger partial charge on any atom is -0.481 e. The Bertz CT molecular complexity index is 131. The van der Waals surface area contributed by atoms with E-state index in [1.807, 2.05) is 6.92 Å². The Labute approximate surface area is 67.0 Å². The van der Waals surface area contributed by atoms with E-state index in [9.17, 15) is 4.79 Å². The van der Waals surface area contributed by atoms with Crippen LogP contribution in [0.4, 0.5) is 0 Å². The number of carbonyl (C=O) groups is 1. The van der Waals surface area contributed by atoms with Crippen molar-refractivity contribution in [2.24, 2.45) is 11.8 Å². The molecule has 0 aliphatic rings. The van der Waals surface area contributed by atoms with Crippen LogP contribution in [-0.2, 0) is 4.79 Å². The van der Waals surface area contributed by atoms with Gasteiger partial charge in [0.05, 0.1) is 12.0 Å². The highest BCUT2D eigenvalue weighted by atomic mass is 16.4. The molecule has 0 aromatic carbocycles. The molecule has 3 nitrogen and oxygen atoms in total. The summed E-state index contributed by atoms with van der Waals surface area (Å²) >= 11 is 0. The monoisotopic (exact) mass is 160 g/mol. The normalized spacial score (nSPS) is 18.9. The van der Waals surface area contributed by atoms with Gasteiger partial charge in [0.2, 0.25) is 0 Å². The van der Waals surface area contributed by atoms with Gasteiger partial charge in [-0.1, -0.05) is 13.8 Å². The molecule has 0 saturated carbocycles. The van der Waals surface area contributed by atoms with Gasteiger partial charge in [0.1, 0.15) is 0 Å². The summed E-state index contributed by atoms with van der Waals surface area (Å²) in [5.74, 6) is -1.10. The van der Waals surface area contributed by atoms with Crippen LogP contribution >= 0.6 is 0 Å². The topological polar surface area (TPSA) is 57.5 Å². The van der Waals surface area contributed by atoms with Gasteiger partial charge < -0.3 is 10.2 Å². The number of hydrogen-bond acceptors (Lipinski definition) is 2. The predicted molar refractivity (Wildman–Crippen MR) is 42.3 cm³/mol. The van der Waals surface area contributed by atoms with Crippen LogP contribution in [0.5, 0.6) is 0 Å². The minimum absolute atomic E-state index is 0.0566. The summed E-state index contributed by atoms with van der Waals surface area (Å²) < 4.78 is 0. The molecule has 0 saturated heterocycles. The van der Waals surface area contributed by atoms with Gasteiger partial charge >= 0.3 is 5.97 Å². The van der Waals surface area contributed by atoms with Crippen molar-refractivity contribution in [1.82, 2.24) is 0 Å². The van der Waals surface area contributed by atoms with Crippen LogP contribution in [0.1, 0.15) is 27.2 Å². The maximum absolute atomic E-state index is 10.4. The summed E-state index contributed by atoms with van der Waals surface area (Å²) in [5.41, 5.74) is 0. The summed E-state index contributed by atoms with van der Waals surface area (Å²) in [6.45, 7) is 5.19. The highest BCUT2D eigenvalue weighted by molar-refractivity contribution is 5.69. The second-order valence-electron chi connectivity index (χ2n) is 3.19. The Balaban J connectivity index is 3.75. The van der Waals surface area contributed by atoms with Gasteiger partial charge in [-0.3, -0.25) is 4.79 Å². The molecule has 0 fully saturated rings. The quantitative estimate of drug-likeness (QED) is 0.647. The Morgan fingerprint density at radius 3 is 2.09 bits per heavy atom. The maximum Gasteiger partial charge on any atom is 0.306 e. The van der Waals surface area contributed by atoms with Crippen molar-refractivity contribution in [2.45, 2.75) is 33.3 Å². The molecular weight excluding hydrogens is 144 g/mol. The molecule has 0 rings (SSSR count). The van der Waals surface area contributed by atoms with Crippen LogP contribution < -0.4 is 0 Å². The van der Waals surface area contributed by atoms with Crippen molar-refractivity contribution >= 4 is 5.97 Å². The fraction of sp³-hybridized carbons (Fsp3) is 0.875. The van der Waals surface area contributed by atoms with Crippen molar-refractivity contribution < 1.29 is 15.0 Å². The summed E-state index contributed by atoms with van der Waals surface area (Å²) in [4.78, 5) is 10.4. The molecule has 0 aromatic rings. The number of aliphatic carboxylic acids is 1. The Hall–Kier alpha value is -0.570. The van der Waals surface area contributed by atoms with E-state index < -0.39 is 12.1 Å². The highest BCUT2D eigenvalue weighted by Crippen LogP contribution is 2.14. The molecule has 66 valence electrons. The molecule has 0 spiro atoms. The number of aliphatic hydroxyl groups is 1. The Kier molecular flexibility index (Phi) is 4.11. The van der Waals surface area contributed by atoms with E-state index in [-0.39, 0.29) is 11.8 Å². The van der Waals surface area contributed by atoms with Crippen LogP contribution in [-0.4, -0.2) is 22.3 Å². The summed E-state index contributed by atoms with van der Waals surface area (Å²) in [6.07, 6.45) is 0.115. The number of carboxylic acids is 1. The highest BCUT2D eigenvalue weighted by Gasteiger charge is 2.17. The second kappa shape index (κ2) is 4.34. The maximum atomic E-state index is 10.4. The van der Waals surface area contributed by atoms with E-state index in [4.69, 9.17) is 10.2 Å². The zero-order chi connectivity index (χ0) is 9.02. The first kappa shape index (κ1) is 10.4. The molecule has 3 heteroatoms. The van der Waals surface area contributed by atoms with E-state index in [1.54, 1.807) is 13.8 Å². The van der Waals surface area contributed by atoms with Gasteiger partial charge in [0.25, 0.3) is 0 Å². The molecule has 0 bridgehead atoms. The van der Waals surface area contributed by atoms with Gasteiger partial charge in [-0.2, -0.15) is 0 Å². The molecule has 11 heavy (non-hydrogen) atoms. The average molecular weight is 160 g/mol. The smallest absolute Gasteiger partial charge is 0.306 e. The minimum atomic E-state index is -0.794. The zero-order valence-electron chi connectivity index (χ0n) is 7.24. The zero-order valence-corrected chi connectivity index (χ0v) is 7.24. The van der Waals surface area contributed by atoms with Crippen molar-refractivity contribution in [3.05, 3.63) is 0 Å². The van der Waals surface area contributed by atoms with Crippen molar-refractivity contribution in [3.63, 3.8) is 0 Å². The van der Waals surface area contributed by atoms with E-state index in [1.165, 1.54) is 0 Å². The van der Waals surface area contributed by atoms with Gasteiger partial charge in [-0.15, -0.1) is 0 Å². The summed E-state index contributed by atoms with van der Waals surface area (Å²) in [6, 6.07) is 0. The molecular formula is C8H16O3. The lowest BCUT2D eigenvalue weighted by atomic mass is 9.94. The van der Waals surface area contributed by atoms with Crippen LogP contribution in [0.15, 0.2) is 0 Å². The third-order valence-corrected chi connectivity index (χ3v) is 1.97. The fourth-order valence-corrected chi connectivity index (χ4v) is 0.855. The largest absolute Gasteiger partial charge is 0.481 e. The van der Waals surface area contributed by atoms with Gasteiger partial charge in [-0.25, -0.2) is 0 Å². The van der Waals surface area contributed by atoms with Crippen molar-refractivity contribution in [1.29, 1.82) is 0 Å². The van der Waals surface area contributed by atoms with E-state index in [0.29, 0.717) is 6.42 Å². The van der Waals surface area contributed by atoms with Crippen LogP contribution in [0.25, 0.3) is 0 Å². The van der Waals surface area contributed by atoms with Gasteiger partial charge in [-0.05, 0) is 19.3 Å². The number of rotatable bonds is 4. The fourth-order valence-electron chi connectivity index (χ4n) is 0.855. The average Bonchev–Trinajstić information content (AvgIpc) is 1.87. The molecule has 0 aliphatic heterocycles. The van der Waals surface area contributed by atoms with Crippen molar-refractivity contribution in [3.8, 4) is 0 Å². The molecule has 0 aliphatic carbocycles. The first-order valence-corrected chi connectivity index (χ1v) is 3.86. The first-order chi connectivity index (χ1) is 4.95. The van der Waals surface area contributed by atoms with E-state index in [2.05, 4.69) is 0 Å². The number of hydrogen-bond donors (Lipinski definition) is 2. The molecule has 0 aromatic heterocycles. The number of carboxylic acid groups (broad SMARTS) is 1. The summed E-state index contributed by atoms with van der Waals surface area (Å²) in [7, 11) is 0. The van der Waals surface area contributed by atoms with Gasteiger partial charge in [0, 0.05) is 0 Å². The summed E-state index contributed by atoms with van der Waals surface area (Å²) in [5, 5.41) is 17.6. The van der Waals surface area contributed by atoms with Crippen LogP contribution in [0.2, 0.25) is 0 Å². The molecule has 2 N–H and O–H groups in total. The third kappa shape index (κ3) is 3.98. The SMILES string of the molecule is C[C@H](C[C@H](C)[C@@H](C)O)C(=O)O. The lowest BCUT2D eigenvalue weighted by Crippen LogP contribution is -2.20. The van der Waals surface area contributed by atoms with E-state index in [0.717, 1.165) is 0 Å². The molecule has 0 unspecified atom stereocenters. The first-order valence-electron chi connectivity index (χ1n) is 3.86. The Morgan fingerprint density at radius 1 is 1.36 bits per heavy atom. The third-order valence-electron chi connectivity index (χ3n) is 1.97. The van der Waals surface area contributed by atoms with Crippen molar-refractivity contribution in [2.75, 3.05) is 0 Å². The predicted octanol–water partition coefficient (Wildman–Crippen LogP) is 1.11. The van der Waals surface area contributed by atoms with Crippen LogP contribution in [0.3, 0.4) is 0 Å². The molecule has 0 amide bonds. The number of aliphatic hydroxyl groups excluding tert-OH is 1. The lowest BCUT2D eigenvalue weighted by Gasteiger charge is -2.16. The Morgan fingerprint density at radius 2 is 1.82 bits per heavy atom.